The highest BCUT2D eigenvalue weighted by atomic mass is 16.5. The van der Waals surface area contributed by atoms with Crippen LogP contribution in [0.2, 0.25) is 0 Å². The van der Waals surface area contributed by atoms with Crippen molar-refractivity contribution in [3.8, 4) is 0 Å². The summed E-state index contributed by atoms with van der Waals surface area (Å²) < 4.78 is 6.78. The number of nitrogens with zero attached hydrogens (tertiary/aromatic N) is 3. The van der Waals surface area contributed by atoms with E-state index in [1.807, 2.05) is 39.0 Å². The third kappa shape index (κ3) is 2.71. The van der Waals surface area contributed by atoms with Gasteiger partial charge in [0.1, 0.15) is 5.82 Å². The van der Waals surface area contributed by atoms with Gasteiger partial charge < -0.3 is 4.74 Å². The minimum atomic E-state index is -0.155. The largest absolute Gasteiger partial charge is 0.480 e. The highest BCUT2D eigenvalue weighted by Crippen LogP contribution is 2.08. The summed E-state index contributed by atoms with van der Waals surface area (Å²) in [6.07, 6.45) is 1.27. The van der Waals surface area contributed by atoms with E-state index < -0.39 is 0 Å². The van der Waals surface area contributed by atoms with Crippen LogP contribution in [-0.2, 0) is 11.2 Å². The Labute approximate surface area is 117 Å². The Morgan fingerprint density at radius 3 is 2.70 bits per heavy atom. The molecular weight excluding hydrogens is 254 g/mol. The fourth-order valence-electron chi connectivity index (χ4n) is 1.98. The van der Waals surface area contributed by atoms with Gasteiger partial charge in [0.05, 0.1) is 17.5 Å². The molecule has 5 nitrogen and oxygen atoms in total. The second kappa shape index (κ2) is 6.32. The van der Waals surface area contributed by atoms with E-state index in [2.05, 4.69) is 10.1 Å². The Hall–Kier alpha value is -2.17. The standard InChI is InChI=1S/C15H19N3O2/c1-4-13-16-12-10-8-7-9-11(12)15(19)18(13)17-14(5-2)20-6-3/h7-10H,4-6H2,1-3H3/b17-14+. The van der Waals surface area contributed by atoms with Gasteiger partial charge in [-0.05, 0) is 19.1 Å². The molecule has 106 valence electrons. The molecule has 0 fully saturated rings. The van der Waals surface area contributed by atoms with Gasteiger partial charge in [-0.3, -0.25) is 4.79 Å². The van der Waals surface area contributed by atoms with Crippen LogP contribution in [0.4, 0.5) is 0 Å². The van der Waals surface area contributed by atoms with Crippen molar-refractivity contribution < 1.29 is 4.74 Å². The molecule has 0 aliphatic heterocycles. The number of aromatic nitrogens is 2. The van der Waals surface area contributed by atoms with E-state index in [1.54, 1.807) is 6.07 Å². The van der Waals surface area contributed by atoms with Crippen LogP contribution in [0.25, 0.3) is 10.9 Å². The molecule has 0 bridgehead atoms. The Kier molecular flexibility index (Phi) is 4.50. The summed E-state index contributed by atoms with van der Waals surface area (Å²) in [5.41, 5.74) is 0.549. The molecule has 0 atom stereocenters. The van der Waals surface area contributed by atoms with E-state index >= 15 is 0 Å². The van der Waals surface area contributed by atoms with Crippen LogP contribution in [-0.4, -0.2) is 22.2 Å². The molecule has 0 saturated heterocycles. The third-order valence-corrected chi connectivity index (χ3v) is 2.96. The van der Waals surface area contributed by atoms with E-state index in [0.717, 1.165) is 0 Å². The summed E-state index contributed by atoms with van der Waals surface area (Å²) in [4.78, 5) is 17.0. The first kappa shape index (κ1) is 14.2. The minimum Gasteiger partial charge on any atom is -0.480 e. The summed E-state index contributed by atoms with van der Waals surface area (Å²) in [6.45, 7) is 6.33. The van der Waals surface area contributed by atoms with Gasteiger partial charge in [-0.1, -0.05) is 26.0 Å². The van der Waals surface area contributed by atoms with Gasteiger partial charge >= 0.3 is 0 Å². The lowest BCUT2D eigenvalue weighted by Gasteiger charge is -2.10. The van der Waals surface area contributed by atoms with Crippen molar-refractivity contribution in [2.75, 3.05) is 6.61 Å². The number of ether oxygens (including phenoxy) is 1. The Bertz CT molecular complexity index is 689. The van der Waals surface area contributed by atoms with Gasteiger partial charge in [-0.25, -0.2) is 4.98 Å². The molecule has 20 heavy (non-hydrogen) atoms. The van der Waals surface area contributed by atoms with Crippen LogP contribution < -0.4 is 5.56 Å². The van der Waals surface area contributed by atoms with Crippen molar-refractivity contribution in [3.05, 3.63) is 40.4 Å². The first-order valence-corrected chi connectivity index (χ1v) is 6.92. The average Bonchev–Trinajstić information content (AvgIpc) is 2.49. The third-order valence-electron chi connectivity index (χ3n) is 2.96. The lowest BCUT2D eigenvalue weighted by atomic mass is 10.2. The summed E-state index contributed by atoms with van der Waals surface area (Å²) in [5, 5.41) is 4.89. The van der Waals surface area contributed by atoms with Crippen LogP contribution in [0.15, 0.2) is 34.2 Å². The highest BCUT2D eigenvalue weighted by Gasteiger charge is 2.10. The molecular formula is C15H19N3O2. The normalized spacial score (nSPS) is 11.8. The monoisotopic (exact) mass is 273 g/mol. The van der Waals surface area contributed by atoms with Crippen LogP contribution in [0.3, 0.4) is 0 Å². The van der Waals surface area contributed by atoms with Gasteiger partial charge in [0.2, 0.25) is 5.90 Å². The molecule has 0 N–H and O–H groups in total. The molecule has 1 aromatic carbocycles. The average molecular weight is 273 g/mol. The van der Waals surface area contributed by atoms with Crippen molar-refractivity contribution >= 4 is 16.8 Å². The zero-order chi connectivity index (χ0) is 14.5. The number of benzene rings is 1. The van der Waals surface area contributed by atoms with Gasteiger partial charge in [-0.2, -0.15) is 4.68 Å². The molecule has 1 aromatic heterocycles. The number of hydrogen-bond acceptors (Lipinski definition) is 4. The van der Waals surface area contributed by atoms with E-state index in [4.69, 9.17) is 4.74 Å². The number of rotatable bonds is 4. The maximum absolute atomic E-state index is 12.5. The molecule has 1 heterocycles. The molecule has 2 aromatic rings. The topological polar surface area (TPSA) is 56.5 Å². The summed E-state index contributed by atoms with van der Waals surface area (Å²) in [6, 6.07) is 7.31. The molecule has 5 heteroatoms. The summed E-state index contributed by atoms with van der Waals surface area (Å²) in [7, 11) is 0. The zero-order valence-electron chi connectivity index (χ0n) is 12.1. The van der Waals surface area contributed by atoms with Crippen molar-refractivity contribution in [2.24, 2.45) is 5.10 Å². The molecule has 0 aliphatic carbocycles. The van der Waals surface area contributed by atoms with Crippen molar-refractivity contribution in [1.29, 1.82) is 0 Å². The molecule has 0 saturated carbocycles. The van der Waals surface area contributed by atoms with Crippen LogP contribution in [0, 0.1) is 0 Å². The van der Waals surface area contributed by atoms with Crippen LogP contribution in [0.1, 0.15) is 33.0 Å². The Morgan fingerprint density at radius 1 is 1.30 bits per heavy atom. The molecule has 2 rings (SSSR count). The molecule has 0 radical (unpaired) electrons. The predicted molar refractivity (Wildman–Crippen MR) is 80.1 cm³/mol. The highest BCUT2D eigenvalue weighted by molar-refractivity contribution is 5.78. The van der Waals surface area contributed by atoms with Gasteiger partial charge in [0.25, 0.3) is 5.56 Å². The zero-order valence-corrected chi connectivity index (χ0v) is 12.1. The van der Waals surface area contributed by atoms with Crippen molar-refractivity contribution in [1.82, 2.24) is 9.66 Å². The van der Waals surface area contributed by atoms with Gasteiger partial charge in [-0.15, -0.1) is 5.10 Å². The summed E-state index contributed by atoms with van der Waals surface area (Å²) in [5.74, 6) is 1.18. The van der Waals surface area contributed by atoms with E-state index in [0.29, 0.717) is 42.1 Å². The van der Waals surface area contributed by atoms with E-state index in [1.165, 1.54) is 4.68 Å². The number of aryl methyl sites for hydroxylation is 1. The van der Waals surface area contributed by atoms with Crippen molar-refractivity contribution in [2.45, 2.75) is 33.6 Å². The number of hydrogen-bond donors (Lipinski definition) is 0. The molecule has 0 spiro atoms. The minimum absolute atomic E-state index is 0.155. The first-order chi connectivity index (χ1) is 9.71. The predicted octanol–water partition coefficient (Wildman–Crippen LogP) is 2.57. The molecule has 0 amide bonds. The smallest absolute Gasteiger partial charge is 0.282 e. The quantitative estimate of drug-likeness (QED) is 0.635. The SMILES string of the molecule is CCO/C(CC)=N/n1c(CC)nc2ccccc2c1=O. The Morgan fingerprint density at radius 2 is 2.05 bits per heavy atom. The second-order valence-electron chi connectivity index (χ2n) is 4.30. The lowest BCUT2D eigenvalue weighted by Crippen LogP contribution is -2.23. The van der Waals surface area contributed by atoms with E-state index in [-0.39, 0.29) is 5.56 Å². The van der Waals surface area contributed by atoms with Crippen LogP contribution in [0.5, 0.6) is 0 Å². The van der Waals surface area contributed by atoms with E-state index in [9.17, 15) is 4.79 Å². The second-order valence-corrected chi connectivity index (χ2v) is 4.30. The summed E-state index contributed by atoms with van der Waals surface area (Å²) >= 11 is 0. The fraction of sp³-hybridized carbons (Fsp3) is 0.400. The van der Waals surface area contributed by atoms with Gasteiger partial charge in [0.15, 0.2) is 0 Å². The fourth-order valence-corrected chi connectivity index (χ4v) is 1.98. The van der Waals surface area contributed by atoms with Crippen molar-refractivity contribution in [3.63, 3.8) is 0 Å². The van der Waals surface area contributed by atoms with Gasteiger partial charge in [0, 0.05) is 12.8 Å². The maximum atomic E-state index is 12.5. The number of fused-ring (bicyclic) bond motifs is 1. The molecule has 0 unspecified atom stereocenters. The molecule has 0 aliphatic rings. The maximum Gasteiger partial charge on any atom is 0.282 e. The lowest BCUT2D eigenvalue weighted by molar-refractivity contribution is 0.314. The number of para-hydroxylation sites is 1. The Balaban J connectivity index is 2.68. The first-order valence-electron chi connectivity index (χ1n) is 6.92. The van der Waals surface area contributed by atoms with Crippen LogP contribution >= 0.6 is 0 Å².